The molecule has 170 valence electrons. The van der Waals surface area contributed by atoms with Gasteiger partial charge in [-0.1, -0.05) is 86.5 Å². The zero-order valence-corrected chi connectivity index (χ0v) is 20.3. The predicted octanol–water partition coefficient (Wildman–Crippen LogP) is 6.10. The Kier molecular flexibility index (Phi) is 8.27. The number of nitrogens with zero attached hydrogens (tertiary/aromatic N) is 5. The lowest BCUT2D eigenvalue weighted by Gasteiger charge is -2.19. The molecule has 0 saturated heterocycles. The van der Waals surface area contributed by atoms with E-state index in [1.54, 1.807) is 6.33 Å². The molecule has 0 atom stereocenters. The van der Waals surface area contributed by atoms with Crippen molar-refractivity contribution in [2.24, 2.45) is 0 Å². The van der Waals surface area contributed by atoms with Crippen molar-refractivity contribution >= 4 is 34.1 Å². The van der Waals surface area contributed by atoms with Gasteiger partial charge in [-0.15, -0.1) is 21.5 Å². The number of hydrogen-bond acceptors (Lipinski definition) is 6. The second-order valence-corrected chi connectivity index (χ2v) is 9.37. The van der Waals surface area contributed by atoms with Crippen LogP contribution in [0.15, 0.2) is 77.5 Å². The molecule has 33 heavy (non-hydrogen) atoms. The third-order valence-electron chi connectivity index (χ3n) is 5.20. The third-order valence-corrected chi connectivity index (χ3v) is 7.00. The summed E-state index contributed by atoms with van der Waals surface area (Å²) in [5.41, 5.74) is 2.93. The zero-order valence-electron chi connectivity index (χ0n) is 18.6. The summed E-state index contributed by atoms with van der Waals surface area (Å²) in [5.74, 6) is 0.313. The fraction of sp³-hybridized carbons (Fsp3) is 0.280. The summed E-state index contributed by atoms with van der Waals surface area (Å²) in [6, 6.07) is 20.0. The van der Waals surface area contributed by atoms with Crippen LogP contribution >= 0.6 is 23.1 Å². The first-order chi connectivity index (χ1) is 16.3. The highest BCUT2D eigenvalue weighted by atomic mass is 32.2. The van der Waals surface area contributed by atoms with Gasteiger partial charge in [0.1, 0.15) is 6.33 Å². The molecule has 0 aliphatic heterocycles. The molecule has 0 aliphatic rings. The van der Waals surface area contributed by atoms with Gasteiger partial charge in [-0.05, 0) is 18.6 Å². The fourth-order valence-electron chi connectivity index (χ4n) is 3.45. The second kappa shape index (κ2) is 11.8. The number of hydrogen-bond donors (Lipinski definition) is 0. The molecule has 2 aromatic carbocycles. The monoisotopic (exact) mass is 477 g/mol. The van der Waals surface area contributed by atoms with Gasteiger partial charge in [0, 0.05) is 23.2 Å². The van der Waals surface area contributed by atoms with Crippen molar-refractivity contribution in [2.75, 3.05) is 17.2 Å². The van der Waals surface area contributed by atoms with E-state index in [0.29, 0.717) is 11.7 Å². The third kappa shape index (κ3) is 6.09. The Morgan fingerprint density at radius 1 is 1.03 bits per heavy atom. The lowest BCUT2D eigenvalue weighted by molar-refractivity contribution is -0.116. The number of unbranched alkanes of at least 4 members (excludes halogenated alkanes) is 3. The Labute approximate surface area is 202 Å². The fourth-order valence-corrected chi connectivity index (χ4v) is 5.13. The van der Waals surface area contributed by atoms with Crippen LogP contribution in [0.5, 0.6) is 0 Å². The molecule has 0 unspecified atom stereocenters. The number of benzene rings is 2. The van der Waals surface area contributed by atoms with Crippen molar-refractivity contribution in [3.8, 4) is 16.9 Å². The smallest absolute Gasteiger partial charge is 0.239 e. The van der Waals surface area contributed by atoms with E-state index in [1.165, 1.54) is 29.5 Å². The molecule has 0 saturated carbocycles. The summed E-state index contributed by atoms with van der Waals surface area (Å²) >= 11 is 2.92. The molecule has 0 bridgehead atoms. The van der Waals surface area contributed by atoms with Crippen LogP contribution in [0.3, 0.4) is 0 Å². The second-order valence-electron chi connectivity index (χ2n) is 7.60. The molecule has 6 nitrogen and oxygen atoms in total. The SMILES string of the molecule is CCCCCCN(C(=O)CSc1nncn1-c1ccccc1)c1nc(-c2ccccc2)cs1. The number of rotatable bonds is 11. The van der Waals surface area contributed by atoms with E-state index in [4.69, 9.17) is 4.98 Å². The molecule has 0 N–H and O–H groups in total. The summed E-state index contributed by atoms with van der Waals surface area (Å²) in [6.07, 6.45) is 6.08. The Bertz CT molecular complexity index is 1140. The van der Waals surface area contributed by atoms with Crippen LogP contribution in [0.25, 0.3) is 16.9 Å². The predicted molar refractivity (Wildman–Crippen MR) is 136 cm³/mol. The van der Waals surface area contributed by atoms with Gasteiger partial charge in [-0.3, -0.25) is 14.3 Å². The number of aromatic nitrogens is 4. The molecule has 2 aromatic heterocycles. The minimum absolute atomic E-state index is 0.0353. The summed E-state index contributed by atoms with van der Waals surface area (Å²) in [7, 11) is 0. The molecular weight excluding hydrogens is 450 g/mol. The van der Waals surface area contributed by atoms with Crippen molar-refractivity contribution in [1.82, 2.24) is 19.7 Å². The molecule has 0 radical (unpaired) electrons. The normalized spacial score (nSPS) is 10.9. The number of carbonyl (C=O) groups is 1. The number of anilines is 1. The molecule has 4 aromatic rings. The summed E-state index contributed by atoms with van der Waals surface area (Å²) < 4.78 is 1.90. The summed E-state index contributed by atoms with van der Waals surface area (Å²) in [4.78, 5) is 19.9. The van der Waals surface area contributed by atoms with Crippen molar-refractivity contribution in [3.05, 3.63) is 72.4 Å². The average Bonchev–Trinajstić information content (AvgIpc) is 3.54. The van der Waals surface area contributed by atoms with Gasteiger partial charge in [0.05, 0.1) is 11.4 Å². The van der Waals surface area contributed by atoms with Crippen LogP contribution in [-0.4, -0.2) is 38.0 Å². The molecule has 0 spiro atoms. The Morgan fingerprint density at radius 3 is 2.55 bits per heavy atom. The molecule has 8 heteroatoms. The van der Waals surface area contributed by atoms with Crippen LogP contribution < -0.4 is 4.90 Å². The summed E-state index contributed by atoms with van der Waals surface area (Å²) in [5, 5.41) is 11.7. The Balaban J connectivity index is 1.48. The maximum Gasteiger partial charge on any atom is 0.239 e. The number of amides is 1. The standard InChI is InChI=1S/C25H27N5OS2/c1-2-3-4-11-16-29(24-27-22(17-32-24)20-12-7-5-8-13-20)23(31)18-33-25-28-26-19-30(25)21-14-9-6-10-15-21/h5-10,12-15,17,19H,2-4,11,16,18H2,1H3. The molecule has 0 fully saturated rings. The van der Waals surface area contributed by atoms with Crippen molar-refractivity contribution in [1.29, 1.82) is 0 Å². The van der Waals surface area contributed by atoms with E-state index < -0.39 is 0 Å². The number of para-hydroxylation sites is 1. The van der Waals surface area contributed by atoms with Crippen molar-refractivity contribution in [2.45, 2.75) is 37.8 Å². The van der Waals surface area contributed by atoms with Gasteiger partial charge in [-0.2, -0.15) is 0 Å². The van der Waals surface area contributed by atoms with Gasteiger partial charge in [-0.25, -0.2) is 4.98 Å². The summed E-state index contributed by atoms with van der Waals surface area (Å²) in [6.45, 7) is 2.86. The van der Waals surface area contributed by atoms with E-state index in [-0.39, 0.29) is 11.7 Å². The lowest BCUT2D eigenvalue weighted by atomic mass is 10.2. The molecular formula is C25H27N5OS2. The van der Waals surface area contributed by atoms with Crippen LogP contribution in [0.1, 0.15) is 32.6 Å². The van der Waals surface area contributed by atoms with Gasteiger partial charge in [0.15, 0.2) is 10.3 Å². The lowest BCUT2D eigenvalue weighted by Crippen LogP contribution is -2.33. The Hall–Kier alpha value is -2.97. The minimum Gasteiger partial charge on any atom is -0.287 e. The Morgan fingerprint density at radius 2 is 1.79 bits per heavy atom. The van der Waals surface area contributed by atoms with E-state index in [1.807, 2.05) is 75.5 Å². The van der Waals surface area contributed by atoms with Gasteiger partial charge < -0.3 is 0 Å². The average molecular weight is 478 g/mol. The minimum atomic E-state index is 0.0353. The van der Waals surface area contributed by atoms with Crippen LogP contribution in [0.4, 0.5) is 5.13 Å². The largest absolute Gasteiger partial charge is 0.287 e. The highest BCUT2D eigenvalue weighted by Gasteiger charge is 2.21. The molecule has 2 heterocycles. The van der Waals surface area contributed by atoms with E-state index in [0.717, 1.165) is 41.3 Å². The highest BCUT2D eigenvalue weighted by Crippen LogP contribution is 2.29. The van der Waals surface area contributed by atoms with E-state index in [2.05, 4.69) is 17.1 Å². The van der Waals surface area contributed by atoms with Crippen LogP contribution in [0, 0.1) is 0 Å². The van der Waals surface area contributed by atoms with E-state index >= 15 is 0 Å². The molecule has 1 amide bonds. The maximum absolute atomic E-state index is 13.3. The molecule has 0 aliphatic carbocycles. The van der Waals surface area contributed by atoms with Gasteiger partial charge >= 0.3 is 0 Å². The first-order valence-corrected chi connectivity index (χ1v) is 13.0. The van der Waals surface area contributed by atoms with Gasteiger partial charge in [0.2, 0.25) is 5.91 Å². The number of thioether (sulfide) groups is 1. The maximum atomic E-state index is 13.3. The molecule has 4 rings (SSSR count). The highest BCUT2D eigenvalue weighted by molar-refractivity contribution is 7.99. The number of carbonyl (C=O) groups excluding carboxylic acids is 1. The van der Waals surface area contributed by atoms with Gasteiger partial charge in [0.25, 0.3) is 0 Å². The van der Waals surface area contributed by atoms with Crippen LogP contribution in [0.2, 0.25) is 0 Å². The quantitative estimate of drug-likeness (QED) is 0.193. The topological polar surface area (TPSA) is 63.9 Å². The van der Waals surface area contributed by atoms with Crippen molar-refractivity contribution < 1.29 is 4.79 Å². The van der Waals surface area contributed by atoms with Crippen LogP contribution in [-0.2, 0) is 4.79 Å². The van der Waals surface area contributed by atoms with E-state index in [9.17, 15) is 4.79 Å². The first kappa shape index (κ1) is 23.2. The zero-order chi connectivity index (χ0) is 22.9. The number of thiazole rings is 1. The first-order valence-electron chi connectivity index (χ1n) is 11.2. The van der Waals surface area contributed by atoms with Crippen molar-refractivity contribution in [3.63, 3.8) is 0 Å².